The maximum atomic E-state index is 12.2. The average molecular weight is 284 g/mol. The zero-order valence-corrected chi connectivity index (χ0v) is 11.2. The Balaban J connectivity index is 2.26. The number of carboxylic acid groups (broad SMARTS) is 1. The van der Waals surface area contributed by atoms with Crippen LogP contribution in [-0.2, 0) is 13.6 Å². The van der Waals surface area contributed by atoms with Crippen LogP contribution in [0.3, 0.4) is 0 Å². The first-order valence-corrected chi connectivity index (χ1v) is 6.26. The van der Waals surface area contributed by atoms with Crippen molar-refractivity contribution in [1.82, 2.24) is 19.3 Å². The highest BCUT2D eigenvalue weighted by molar-refractivity contribution is 6.02. The van der Waals surface area contributed by atoms with Gasteiger partial charge in [-0.3, -0.25) is 9.48 Å². The molecule has 0 saturated carbocycles. The Morgan fingerprint density at radius 2 is 2.10 bits per heavy atom. The first-order chi connectivity index (χ1) is 10.1. The normalized spacial score (nSPS) is 10.9. The minimum absolute atomic E-state index is 0.00446. The van der Waals surface area contributed by atoms with Gasteiger partial charge in [-0.2, -0.15) is 5.10 Å². The van der Waals surface area contributed by atoms with Crippen molar-refractivity contribution in [2.75, 3.05) is 0 Å². The third-order valence-electron chi connectivity index (χ3n) is 3.35. The van der Waals surface area contributed by atoms with Gasteiger partial charge in [-0.05, 0) is 6.07 Å². The van der Waals surface area contributed by atoms with E-state index in [1.54, 1.807) is 36.0 Å². The molecule has 0 aliphatic heterocycles. The molecule has 0 saturated heterocycles. The Labute approximate surface area is 119 Å². The predicted octanol–water partition coefficient (Wildman–Crippen LogP) is 0.877. The molecule has 0 unspecified atom stereocenters. The van der Waals surface area contributed by atoms with Gasteiger partial charge in [0.1, 0.15) is 12.2 Å². The number of hydrogen-bond acceptors (Lipinski definition) is 4. The van der Waals surface area contributed by atoms with Crippen molar-refractivity contribution in [3.8, 4) is 0 Å². The molecule has 2 aromatic heterocycles. The number of aryl methyl sites for hydroxylation is 1. The fourth-order valence-corrected chi connectivity index (χ4v) is 2.28. The van der Waals surface area contributed by atoms with Crippen LogP contribution < -0.4 is 5.56 Å². The number of pyridine rings is 1. The van der Waals surface area contributed by atoms with Gasteiger partial charge in [0.2, 0.25) is 0 Å². The predicted molar refractivity (Wildman–Crippen MR) is 75.3 cm³/mol. The molecule has 106 valence electrons. The number of nitrogens with zero attached hydrogens (tertiary/aromatic N) is 4. The number of fused-ring (bicyclic) bond motifs is 1. The summed E-state index contributed by atoms with van der Waals surface area (Å²) in [6.07, 6.45) is 1.41. The average Bonchev–Trinajstić information content (AvgIpc) is 2.86. The van der Waals surface area contributed by atoms with Crippen LogP contribution in [-0.4, -0.2) is 30.4 Å². The maximum absolute atomic E-state index is 12.2. The minimum atomic E-state index is -1.12. The summed E-state index contributed by atoms with van der Waals surface area (Å²) in [5.41, 5.74) is 0.185. The summed E-state index contributed by atoms with van der Waals surface area (Å²) >= 11 is 0. The maximum Gasteiger partial charge on any atom is 0.336 e. The molecule has 0 aliphatic rings. The summed E-state index contributed by atoms with van der Waals surface area (Å²) in [6.45, 7) is 0.232. The SMILES string of the molecule is Cn1ncnc1Cn1c(=O)cc(C(=O)O)c2ccccc21. The second-order valence-electron chi connectivity index (χ2n) is 4.60. The van der Waals surface area contributed by atoms with E-state index in [1.165, 1.54) is 10.9 Å². The van der Waals surface area contributed by atoms with E-state index in [1.807, 2.05) is 0 Å². The second-order valence-corrected chi connectivity index (χ2v) is 4.60. The van der Waals surface area contributed by atoms with Crippen LogP contribution >= 0.6 is 0 Å². The molecule has 0 atom stereocenters. The molecule has 0 spiro atoms. The Kier molecular flexibility index (Phi) is 3.02. The summed E-state index contributed by atoms with van der Waals surface area (Å²) in [6, 6.07) is 8.05. The van der Waals surface area contributed by atoms with Crippen molar-refractivity contribution >= 4 is 16.9 Å². The van der Waals surface area contributed by atoms with Crippen LogP contribution in [0.25, 0.3) is 10.9 Å². The molecule has 7 heteroatoms. The van der Waals surface area contributed by atoms with Gasteiger partial charge in [0.25, 0.3) is 5.56 Å². The molecule has 0 radical (unpaired) electrons. The third-order valence-corrected chi connectivity index (χ3v) is 3.35. The Morgan fingerprint density at radius 1 is 1.33 bits per heavy atom. The lowest BCUT2D eigenvalue weighted by Gasteiger charge is -2.11. The molecular formula is C14H12N4O3. The van der Waals surface area contributed by atoms with E-state index >= 15 is 0 Å². The van der Waals surface area contributed by atoms with Crippen LogP contribution in [0.4, 0.5) is 0 Å². The third kappa shape index (κ3) is 2.18. The van der Waals surface area contributed by atoms with Crippen LogP contribution in [0.1, 0.15) is 16.2 Å². The van der Waals surface area contributed by atoms with Crippen molar-refractivity contribution in [2.24, 2.45) is 7.05 Å². The molecule has 1 aromatic carbocycles. The van der Waals surface area contributed by atoms with E-state index < -0.39 is 5.97 Å². The summed E-state index contributed by atoms with van der Waals surface area (Å²) in [5, 5.41) is 13.7. The Morgan fingerprint density at radius 3 is 2.76 bits per heavy atom. The van der Waals surface area contributed by atoms with E-state index in [0.717, 1.165) is 6.07 Å². The number of carboxylic acids is 1. The number of hydrogen-bond donors (Lipinski definition) is 1. The Hall–Kier alpha value is -2.96. The molecule has 21 heavy (non-hydrogen) atoms. The van der Waals surface area contributed by atoms with Gasteiger partial charge in [0, 0.05) is 18.5 Å². The second kappa shape index (κ2) is 4.86. The van der Waals surface area contributed by atoms with Crippen molar-refractivity contribution < 1.29 is 9.90 Å². The molecule has 3 aromatic rings. The van der Waals surface area contributed by atoms with Gasteiger partial charge in [-0.1, -0.05) is 18.2 Å². The smallest absolute Gasteiger partial charge is 0.336 e. The summed E-state index contributed by atoms with van der Waals surface area (Å²) in [7, 11) is 1.74. The van der Waals surface area contributed by atoms with Gasteiger partial charge in [-0.25, -0.2) is 9.78 Å². The summed E-state index contributed by atoms with van der Waals surface area (Å²) in [4.78, 5) is 27.6. The summed E-state index contributed by atoms with van der Waals surface area (Å²) < 4.78 is 3.07. The zero-order chi connectivity index (χ0) is 15.0. The van der Waals surface area contributed by atoms with E-state index in [-0.39, 0.29) is 17.7 Å². The Bertz CT molecular complexity index is 895. The van der Waals surface area contributed by atoms with Gasteiger partial charge < -0.3 is 9.67 Å². The zero-order valence-electron chi connectivity index (χ0n) is 11.2. The molecule has 0 fully saturated rings. The first-order valence-electron chi connectivity index (χ1n) is 6.26. The van der Waals surface area contributed by atoms with Crippen LogP contribution in [0.15, 0.2) is 41.5 Å². The largest absolute Gasteiger partial charge is 0.478 e. The highest BCUT2D eigenvalue weighted by Gasteiger charge is 2.14. The van der Waals surface area contributed by atoms with Crippen molar-refractivity contribution in [2.45, 2.75) is 6.54 Å². The van der Waals surface area contributed by atoms with Gasteiger partial charge in [0.15, 0.2) is 0 Å². The fraction of sp³-hybridized carbons (Fsp3) is 0.143. The molecule has 3 rings (SSSR count). The highest BCUT2D eigenvalue weighted by atomic mass is 16.4. The number of carbonyl (C=O) groups is 1. The number of aromatic carboxylic acids is 1. The quantitative estimate of drug-likeness (QED) is 0.771. The molecule has 0 bridgehead atoms. The number of aromatic nitrogens is 4. The van der Waals surface area contributed by atoms with Crippen LogP contribution in [0.5, 0.6) is 0 Å². The van der Waals surface area contributed by atoms with Gasteiger partial charge >= 0.3 is 5.97 Å². The van der Waals surface area contributed by atoms with Crippen molar-refractivity contribution in [3.05, 3.63) is 58.4 Å². The van der Waals surface area contributed by atoms with E-state index in [9.17, 15) is 14.7 Å². The first kappa shape index (κ1) is 13.0. The lowest BCUT2D eigenvalue weighted by Crippen LogP contribution is -2.24. The topological polar surface area (TPSA) is 90.0 Å². The van der Waals surface area contributed by atoms with Crippen LogP contribution in [0, 0.1) is 0 Å². The molecule has 7 nitrogen and oxygen atoms in total. The van der Waals surface area contributed by atoms with E-state index in [0.29, 0.717) is 16.7 Å². The van der Waals surface area contributed by atoms with Crippen molar-refractivity contribution in [1.29, 1.82) is 0 Å². The number of rotatable bonds is 3. The number of para-hydroxylation sites is 1. The minimum Gasteiger partial charge on any atom is -0.478 e. The monoisotopic (exact) mass is 284 g/mol. The van der Waals surface area contributed by atoms with Gasteiger partial charge in [-0.15, -0.1) is 0 Å². The van der Waals surface area contributed by atoms with Gasteiger partial charge in [0.05, 0.1) is 17.6 Å². The molecular weight excluding hydrogens is 272 g/mol. The molecule has 0 aliphatic carbocycles. The lowest BCUT2D eigenvalue weighted by molar-refractivity contribution is 0.0698. The molecule has 0 amide bonds. The highest BCUT2D eigenvalue weighted by Crippen LogP contribution is 2.17. The number of benzene rings is 1. The molecule has 2 heterocycles. The van der Waals surface area contributed by atoms with E-state index in [2.05, 4.69) is 10.1 Å². The van der Waals surface area contributed by atoms with Crippen LogP contribution in [0.2, 0.25) is 0 Å². The fourth-order valence-electron chi connectivity index (χ4n) is 2.28. The molecule has 1 N–H and O–H groups in total. The van der Waals surface area contributed by atoms with Crippen molar-refractivity contribution in [3.63, 3.8) is 0 Å². The summed E-state index contributed by atoms with van der Waals surface area (Å²) in [5.74, 6) is -0.501. The van der Waals surface area contributed by atoms with E-state index in [4.69, 9.17) is 0 Å². The lowest BCUT2D eigenvalue weighted by atomic mass is 10.1. The standard InChI is InChI=1S/C14H12N4O3/c1-17-12(15-8-16-17)7-18-11-5-3-2-4-9(11)10(14(20)21)6-13(18)19/h2-6,8H,7H2,1H3,(H,20,21).